The molecule has 1 aromatic carbocycles. The topological polar surface area (TPSA) is 46.6 Å². The van der Waals surface area contributed by atoms with Crippen molar-refractivity contribution in [1.29, 1.82) is 0 Å². The van der Waals surface area contributed by atoms with Crippen molar-refractivity contribution in [2.45, 2.75) is 45.4 Å². The predicted octanol–water partition coefficient (Wildman–Crippen LogP) is 3.83. The number of ketones is 1. The van der Waals surface area contributed by atoms with Crippen LogP contribution in [-0.2, 0) is 4.79 Å². The Morgan fingerprint density at radius 1 is 1.08 bits per heavy atom. The van der Waals surface area contributed by atoms with Crippen LogP contribution in [0, 0.1) is 23.2 Å². The number of fused-ring (bicyclic) bond motifs is 1. The Balaban J connectivity index is 1.51. The van der Waals surface area contributed by atoms with E-state index in [-0.39, 0.29) is 17.1 Å². The van der Waals surface area contributed by atoms with Gasteiger partial charge in [-0.3, -0.25) is 9.59 Å². The molecular weight excluding hydrogens is 314 g/mol. The number of benzene rings is 1. The average molecular weight is 339 g/mol. The van der Waals surface area contributed by atoms with Crippen LogP contribution in [0.1, 0.15) is 55.8 Å². The van der Waals surface area contributed by atoms with Gasteiger partial charge in [-0.05, 0) is 81.4 Å². The lowest BCUT2D eigenvalue weighted by Gasteiger charge is -2.56. The number of nitrogens with zero attached hydrogens (tertiary/aromatic N) is 1. The van der Waals surface area contributed by atoms with Gasteiger partial charge in [-0.1, -0.05) is 0 Å². The summed E-state index contributed by atoms with van der Waals surface area (Å²) >= 11 is 0. The molecule has 1 aliphatic heterocycles. The molecule has 1 heterocycles. The van der Waals surface area contributed by atoms with E-state index in [4.69, 9.17) is 4.74 Å². The minimum absolute atomic E-state index is 0.0237. The van der Waals surface area contributed by atoms with Crippen molar-refractivity contribution in [2.24, 2.45) is 23.2 Å². The van der Waals surface area contributed by atoms with Gasteiger partial charge in [0.05, 0.1) is 17.6 Å². The van der Waals surface area contributed by atoms with Gasteiger partial charge in [-0.2, -0.15) is 0 Å². The van der Waals surface area contributed by atoms with E-state index in [9.17, 15) is 9.59 Å². The summed E-state index contributed by atoms with van der Waals surface area (Å²) in [5, 5.41) is 0. The first-order valence-electron chi connectivity index (χ1n) is 9.64. The zero-order valence-electron chi connectivity index (χ0n) is 14.8. The van der Waals surface area contributed by atoms with Crippen LogP contribution in [0.3, 0.4) is 0 Å². The summed E-state index contributed by atoms with van der Waals surface area (Å²) in [6, 6.07) is 5.47. The summed E-state index contributed by atoms with van der Waals surface area (Å²) < 4.78 is 5.75. The monoisotopic (exact) mass is 339 g/mol. The van der Waals surface area contributed by atoms with Gasteiger partial charge >= 0.3 is 0 Å². The van der Waals surface area contributed by atoms with E-state index >= 15 is 0 Å². The molecule has 4 heteroatoms. The molecule has 4 saturated carbocycles. The number of hydrogen-bond donors (Lipinski definition) is 0. The number of carbonyl (C=O) groups is 2. The number of amides is 1. The maximum atomic E-state index is 13.7. The van der Waals surface area contributed by atoms with E-state index in [1.807, 2.05) is 17.0 Å². The molecule has 132 valence electrons. The Morgan fingerprint density at radius 3 is 2.32 bits per heavy atom. The summed E-state index contributed by atoms with van der Waals surface area (Å²) in [6.45, 7) is 2.69. The first-order valence-corrected chi connectivity index (χ1v) is 9.64. The Kier molecular flexibility index (Phi) is 3.28. The summed E-state index contributed by atoms with van der Waals surface area (Å²) in [6.07, 6.45) is 7.20. The quantitative estimate of drug-likeness (QED) is 0.769. The van der Waals surface area contributed by atoms with Crippen LogP contribution in [0.5, 0.6) is 5.75 Å². The molecule has 0 radical (unpaired) electrons. The molecule has 4 bridgehead atoms. The number of rotatable bonds is 2. The molecule has 4 fully saturated rings. The Bertz CT molecular complexity index is 718. The van der Waals surface area contributed by atoms with Gasteiger partial charge in [0, 0.05) is 5.56 Å². The lowest BCUT2D eigenvalue weighted by molar-refractivity contribution is -0.143. The van der Waals surface area contributed by atoms with E-state index in [0.29, 0.717) is 18.7 Å². The predicted molar refractivity (Wildman–Crippen MR) is 94.9 cm³/mol. The van der Waals surface area contributed by atoms with Gasteiger partial charge in [0.2, 0.25) is 5.91 Å². The van der Waals surface area contributed by atoms with Crippen molar-refractivity contribution < 1.29 is 14.3 Å². The fraction of sp³-hybridized carbons (Fsp3) is 0.619. The third-order valence-corrected chi connectivity index (χ3v) is 6.97. The van der Waals surface area contributed by atoms with Crippen LogP contribution in [0.15, 0.2) is 18.2 Å². The highest BCUT2D eigenvalue weighted by atomic mass is 16.5. The molecule has 5 aliphatic rings. The molecule has 25 heavy (non-hydrogen) atoms. The number of ether oxygens (including phenoxy) is 1. The molecule has 0 saturated heterocycles. The molecular formula is C21H25NO3. The maximum Gasteiger partial charge on any atom is 0.233 e. The highest BCUT2D eigenvalue weighted by Crippen LogP contribution is 2.61. The van der Waals surface area contributed by atoms with Crippen molar-refractivity contribution in [2.75, 3.05) is 18.1 Å². The molecule has 4 aliphatic carbocycles. The van der Waals surface area contributed by atoms with Crippen molar-refractivity contribution in [1.82, 2.24) is 0 Å². The molecule has 6 rings (SSSR count). The maximum absolute atomic E-state index is 13.7. The van der Waals surface area contributed by atoms with Crippen LogP contribution in [0.4, 0.5) is 5.69 Å². The van der Waals surface area contributed by atoms with Crippen LogP contribution in [0.25, 0.3) is 0 Å². The first kappa shape index (κ1) is 15.4. The SMILES string of the molecule is CC(=O)c1ccc2c(c1)N(C(=O)C13CC4CC(CC(C4)C1)C3)CCO2. The first-order chi connectivity index (χ1) is 12.0. The van der Waals surface area contributed by atoms with E-state index in [1.54, 1.807) is 13.0 Å². The Hall–Kier alpha value is -1.84. The van der Waals surface area contributed by atoms with Crippen molar-refractivity contribution in [3.05, 3.63) is 23.8 Å². The van der Waals surface area contributed by atoms with Crippen molar-refractivity contribution in [3.63, 3.8) is 0 Å². The van der Waals surface area contributed by atoms with Gasteiger partial charge in [0.1, 0.15) is 12.4 Å². The van der Waals surface area contributed by atoms with Gasteiger partial charge < -0.3 is 9.64 Å². The summed E-state index contributed by atoms with van der Waals surface area (Å²) in [5.41, 5.74) is 1.28. The smallest absolute Gasteiger partial charge is 0.233 e. The lowest BCUT2D eigenvalue weighted by atomic mass is 9.49. The second-order valence-corrected chi connectivity index (χ2v) is 8.74. The molecule has 1 amide bonds. The van der Waals surface area contributed by atoms with E-state index in [0.717, 1.165) is 48.5 Å². The number of anilines is 1. The lowest BCUT2D eigenvalue weighted by Crippen LogP contribution is -2.55. The zero-order chi connectivity index (χ0) is 17.2. The summed E-state index contributed by atoms with van der Waals surface area (Å²) in [7, 11) is 0. The second kappa shape index (κ2) is 5.33. The standard InChI is InChI=1S/C21H25NO3/c1-13(23)17-2-3-19-18(9-17)22(4-5-25-19)20(24)21-10-14-6-15(11-21)8-16(7-14)12-21/h2-3,9,14-16H,4-8,10-12H2,1H3. The zero-order valence-corrected chi connectivity index (χ0v) is 14.8. The fourth-order valence-corrected chi connectivity index (χ4v) is 6.31. The number of Topliss-reactive ketones (excluding diaryl/α,β-unsaturated/α-hetero) is 1. The average Bonchev–Trinajstić information content (AvgIpc) is 2.59. The largest absolute Gasteiger partial charge is 0.490 e. The third kappa shape index (κ3) is 2.33. The molecule has 0 unspecified atom stereocenters. The van der Waals surface area contributed by atoms with Crippen molar-refractivity contribution in [3.8, 4) is 5.75 Å². The highest BCUT2D eigenvalue weighted by molar-refractivity contribution is 6.02. The highest BCUT2D eigenvalue weighted by Gasteiger charge is 2.56. The molecule has 0 N–H and O–H groups in total. The molecule has 0 spiro atoms. The molecule has 1 aromatic rings. The van der Waals surface area contributed by atoms with Crippen LogP contribution >= 0.6 is 0 Å². The van der Waals surface area contributed by atoms with Gasteiger partial charge in [-0.15, -0.1) is 0 Å². The molecule has 4 nitrogen and oxygen atoms in total. The van der Waals surface area contributed by atoms with Gasteiger partial charge in [0.25, 0.3) is 0 Å². The number of hydrogen-bond acceptors (Lipinski definition) is 3. The molecule has 0 atom stereocenters. The van der Waals surface area contributed by atoms with Crippen LogP contribution in [-0.4, -0.2) is 24.8 Å². The van der Waals surface area contributed by atoms with Gasteiger partial charge in [0.15, 0.2) is 5.78 Å². The van der Waals surface area contributed by atoms with Gasteiger partial charge in [-0.25, -0.2) is 0 Å². The minimum atomic E-state index is -0.157. The Morgan fingerprint density at radius 2 is 1.72 bits per heavy atom. The fourth-order valence-electron chi connectivity index (χ4n) is 6.31. The minimum Gasteiger partial charge on any atom is -0.490 e. The molecule has 0 aromatic heterocycles. The van der Waals surface area contributed by atoms with E-state index < -0.39 is 0 Å². The summed E-state index contributed by atoms with van der Waals surface area (Å²) in [5.74, 6) is 3.29. The number of carbonyl (C=O) groups excluding carboxylic acids is 2. The van der Waals surface area contributed by atoms with Crippen LogP contribution in [0.2, 0.25) is 0 Å². The normalized spacial score (nSPS) is 35.2. The van der Waals surface area contributed by atoms with Crippen molar-refractivity contribution >= 4 is 17.4 Å². The van der Waals surface area contributed by atoms with Crippen LogP contribution < -0.4 is 9.64 Å². The third-order valence-electron chi connectivity index (χ3n) is 6.97. The Labute approximate surface area is 148 Å². The second-order valence-electron chi connectivity index (χ2n) is 8.74. The van der Waals surface area contributed by atoms with E-state index in [2.05, 4.69) is 0 Å². The van der Waals surface area contributed by atoms with E-state index in [1.165, 1.54) is 19.3 Å². The summed E-state index contributed by atoms with van der Waals surface area (Å²) in [4.78, 5) is 27.4.